The summed E-state index contributed by atoms with van der Waals surface area (Å²) in [6.07, 6.45) is 0.733. The van der Waals surface area contributed by atoms with Crippen molar-refractivity contribution in [1.82, 2.24) is 4.31 Å². The summed E-state index contributed by atoms with van der Waals surface area (Å²) in [6.45, 7) is 2.50. The van der Waals surface area contributed by atoms with E-state index in [1.807, 2.05) is 31.2 Å². The van der Waals surface area contributed by atoms with E-state index >= 15 is 0 Å². The van der Waals surface area contributed by atoms with E-state index in [0.29, 0.717) is 13.2 Å². The molecular weight excluding hydrogens is 448 g/mol. The van der Waals surface area contributed by atoms with Crippen molar-refractivity contribution in [3.63, 3.8) is 0 Å². The summed E-state index contributed by atoms with van der Waals surface area (Å²) in [5, 5.41) is 0. The lowest BCUT2D eigenvalue weighted by molar-refractivity contribution is -0.122. The molecule has 1 saturated heterocycles. The number of esters is 1. The zero-order chi connectivity index (χ0) is 23.6. The third-order valence-corrected chi connectivity index (χ3v) is 7.71. The van der Waals surface area contributed by atoms with Crippen LogP contribution in [-0.2, 0) is 30.7 Å². The van der Waals surface area contributed by atoms with E-state index in [2.05, 4.69) is 0 Å². The normalized spacial score (nSPS) is 18.6. The molecule has 0 bridgehead atoms. The van der Waals surface area contributed by atoms with Crippen LogP contribution in [0, 0.1) is 0 Å². The predicted molar refractivity (Wildman–Crippen MR) is 120 cm³/mol. The predicted octanol–water partition coefficient (Wildman–Crippen LogP) is 1.85. The fraction of sp³-hybridized carbons (Fsp3) is 0.391. The number of nitrogens with zero attached hydrogens (tertiary/aromatic N) is 2. The number of hydrogen-bond acceptors (Lipinski definition) is 7. The van der Waals surface area contributed by atoms with Crippen LogP contribution < -0.4 is 9.64 Å². The van der Waals surface area contributed by atoms with Gasteiger partial charge in [0.25, 0.3) is 5.91 Å². The molecule has 2 aliphatic heterocycles. The molecular formula is C23H26N2O7S. The molecule has 1 fully saturated rings. The first-order chi connectivity index (χ1) is 15.8. The fourth-order valence-corrected chi connectivity index (χ4v) is 5.75. The number of morpholine rings is 1. The van der Waals surface area contributed by atoms with E-state index in [1.54, 1.807) is 4.90 Å². The van der Waals surface area contributed by atoms with Gasteiger partial charge in [-0.1, -0.05) is 18.2 Å². The Kier molecular flexibility index (Phi) is 6.68. The molecule has 0 N–H and O–H groups in total. The van der Waals surface area contributed by atoms with Gasteiger partial charge in [0.1, 0.15) is 10.6 Å². The van der Waals surface area contributed by atoms with E-state index < -0.39 is 22.6 Å². The summed E-state index contributed by atoms with van der Waals surface area (Å²) in [7, 11) is -2.54. The van der Waals surface area contributed by atoms with Gasteiger partial charge in [-0.3, -0.25) is 4.79 Å². The Bertz CT molecular complexity index is 1160. The van der Waals surface area contributed by atoms with Crippen LogP contribution in [0.4, 0.5) is 5.69 Å². The van der Waals surface area contributed by atoms with Gasteiger partial charge < -0.3 is 19.1 Å². The highest BCUT2D eigenvalue weighted by Gasteiger charge is 2.32. The monoisotopic (exact) mass is 474 g/mol. The number of fused-ring (bicyclic) bond motifs is 1. The molecule has 33 heavy (non-hydrogen) atoms. The smallest absolute Gasteiger partial charge is 0.338 e. The number of methoxy groups -OCH3 is 1. The zero-order valence-corrected chi connectivity index (χ0v) is 19.3. The maximum absolute atomic E-state index is 13.1. The standard InChI is InChI=1S/C23H26N2O7S/c1-16-13-17-5-3-4-6-19(17)25(16)22(26)15-32-23(27)18-7-8-20(30-2)21(14-18)33(28,29)24-9-11-31-12-10-24/h3-8,14,16H,9-13,15H2,1-2H3. The van der Waals surface area contributed by atoms with Crippen LogP contribution in [-0.4, -0.2) is 70.7 Å². The van der Waals surface area contributed by atoms with Crippen molar-refractivity contribution in [2.24, 2.45) is 0 Å². The Morgan fingerprint density at radius 3 is 2.58 bits per heavy atom. The van der Waals surface area contributed by atoms with Crippen LogP contribution in [0.25, 0.3) is 0 Å². The van der Waals surface area contributed by atoms with Gasteiger partial charge in [-0.2, -0.15) is 4.31 Å². The molecule has 0 saturated carbocycles. The number of amides is 1. The number of carbonyl (C=O) groups excluding carboxylic acids is 2. The Morgan fingerprint density at radius 2 is 1.85 bits per heavy atom. The third-order valence-electron chi connectivity index (χ3n) is 5.79. The van der Waals surface area contributed by atoms with Crippen molar-refractivity contribution < 1.29 is 32.2 Å². The maximum atomic E-state index is 13.1. The summed E-state index contributed by atoms with van der Waals surface area (Å²) in [6, 6.07) is 11.6. The highest BCUT2D eigenvalue weighted by Crippen LogP contribution is 2.32. The molecule has 1 atom stereocenters. The van der Waals surface area contributed by atoms with Crippen LogP contribution in [0.2, 0.25) is 0 Å². The lowest BCUT2D eigenvalue weighted by Crippen LogP contribution is -2.40. The number of para-hydroxylation sites is 1. The average Bonchev–Trinajstić information content (AvgIpc) is 3.18. The van der Waals surface area contributed by atoms with Gasteiger partial charge >= 0.3 is 5.97 Å². The van der Waals surface area contributed by atoms with Crippen molar-refractivity contribution in [2.45, 2.75) is 24.3 Å². The SMILES string of the molecule is COc1ccc(C(=O)OCC(=O)N2c3ccccc3CC2C)cc1S(=O)(=O)N1CCOCC1. The van der Waals surface area contributed by atoms with Gasteiger partial charge in [-0.05, 0) is 43.2 Å². The molecule has 0 aromatic heterocycles. The molecule has 2 aromatic carbocycles. The largest absolute Gasteiger partial charge is 0.495 e. The second kappa shape index (κ2) is 9.50. The lowest BCUT2D eigenvalue weighted by atomic mass is 10.1. The first-order valence-electron chi connectivity index (χ1n) is 10.7. The van der Waals surface area contributed by atoms with Crippen LogP contribution in [0.3, 0.4) is 0 Å². The van der Waals surface area contributed by atoms with Crippen LogP contribution in [0.15, 0.2) is 47.4 Å². The number of hydrogen-bond donors (Lipinski definition) is 0. The summed E-state index contributed by atoms with van der Waals surface area (Å²) in [5.74, 6) is -1.00. The Morgan fingerprint density at radius 1 is 1.12 bits per heavy atom. The number of ether oxygens (including phenoxy) is 3. The second-order valence-corrected chi connectivity index (χ2v) is 9.81. The number of carbonyl (C=O) groups is 2. The van der Waals surface area contributed by atoms with Crippen LogP contribution in [0.1, 0.15) is 22.8 Å². The van der Waals surface area contributed by atoms with E-state index in [4.69, 9.17) is 14.2 Å². The Labute approximate surface area is 192 Å². The van der Waals surface area contributed by atoms with Gasteiger partial charge in [0, 0.05) is 24.8 Å². The molecule has 2 heterocycles. The maximum Gasteiger partial charge on any atom is 0.338 e. The minimum absolute atomic E-state index is 0.0188. The zero-order valence-electron chi connectivity index (χ0n) is 18.5. The molecule has 0 aliphatic carbocycles. The van der Waals surface area contributed by atoms with Crippen LogP contribution in [0.5, 0.6) is 5.75 Å². The minimum Gasteiger partial charge on any atom is -0.495 e. The number of rotatable bonds is 6. The van der Waals surface area contributed by atoms with Gasteiger partial charge in [0.05, 0.1) is 25.9 Å². The van der Waals surface area contributed by atoms with E-state index in [9.17, 15) is 18.0 Å². The molecule has 2 aromatic rings. The topological polar surface area (TPSA) is 102 Å². The summed E-state index contributed by atoms with van der Waals surface area (Å²) < 4.78 is 43.2. The van der Waals surface area contributed by atoms with Gasteiger partial charge in [-0.15, -0.1) is 0 Å². The molecule has 2 aliphatic rings. The molecule has 9 nitrogen and oxygen atoms in total. The summed E-state index contributed by atoms with van der Waals surface area (Å²) >= 11 is 0. The number of benzene rings is 2. The van der Waals surface area contributed by atoms with Crippen molar-refractivity contribution >= 4 is 27.6 Å². The number of anilines is 1. The highest BCUT2D eigenvalue weighted by atomic mass is 32.2. The molecule has 176 valence electrons. The molecule has 0 radical (unpaired) electrons. The Hall–Kier alpha value is -2.95. The van der Waals surface area contributed by atoms with Crippen molar-refractivity contribution in [3.05, 3.63) is 53.6 Å². The second-order valence-electron chi connectivity index (χ2n) is 7.90. The molecule has 10 heteroatoms. The summed E-state index contributed by atoms with van der Waals surface area (Å²) in [4.78, 5) is 27.0. The lowest BCUT2D eigenvalue weighted by Gasteiger charge is -2.26. The highest BCUT2D eigenvalue weighted by molar-refractivity contribution is 7.89. The molecule has 1 unspecified atom stereocenters. The van der Waals surface area contributed by atoms with Gasteiger partial charge in [0.2, 0.25) is 10.0 Å². The quantitative estimate of drug-likeness (QED) is 0.589. The van der Waals surface area contributed by atoms with E-state index in [-0.39, 0.29) is 41.2 Å². The van der Waals surface area contributed by atoms with Crippen LogP contribution >= 0.6 is 0 Å². The molecule has 4 rings (SSSR count). The minimum atomic E-state index is -3.90. The molecule has 0 spiro atoms. The van der Waals surface area contributed by atoms with Gasteiger partial charge in [0.15, 0.2) is 6.61 Å². The molecule has 1 amide bonds. The summed E-state index contributed by atoms with van der Waals surface area (Å²) in [5.41, 5.74) is 1.90. The van der Waals surface area contributed by atoms with Gasteiger partial charge in [-0.25, -0.2) is 13.2 Å². The van der Waals surface area contributed by atoms with Crippen molar-refractivity contribution in [3.8, 4) is 5.75 Å². The van der Waals surface area contributed by atoms with Crippen molar-refractivity contribution in [1.29, 1.82) is 0 Å². The van der Waals surface area contributed by atoms with E-state index in [0.717, 1.165) is 17.7 Å². The average molecular weight is 475 g/mol. The Balaban J connectivity index is 1.50. The first kappa shape index (κ1) is 23.2. The number of sulfonamides is 1. The first-order valence-corrected chi connectivity index (χ1v) is 12.1. The third kappa shape index (κ3) is 4.59. The van der Waals surface area contributed by atoms with E-state index in [1.165, 1.54) is 29.6 Å². The van der Waals surface area contributed by atoms with Crippen molar-refractivity contribution in [2.75, 3.05) is 44.9 Å². The fourth-order valence-electron chi connectivity index (χ4n) is 4.16.